The van der Waals surface area contributed by atoms with Gasteiger partial charge in [0.2, 0.25) is 0 Å². The molecular formula is C125H148O17S4+4. The first-order valence-electron chi connectivity index (χ1n) is 52.3. The second kappa shape index (κ2) is 53.5. The number of methoxy groups -OCH3 is 1. The number of ether oxygens (including phenoxy) is 14. The van der Waals surface area contributed by atoms with Crippen molar-refractivity contribution < 1.29 is 80.7 Å². The van der Waals surface area contributed by atoms with Crippen molar-refractivity contribution in [1.29, 1.82) is 0 Å². The highest BCUT2D eigenvalue weighted by Gasteiger charge is 2.68. The van der Waals surface area contributed by atoms with E-state index in [1.165, 1.54) is 99.5 Å². The molecule has 19 rings (SSSR count). The van der Waals surface area contributed by atoms with Crippen LogP contribution in [0.5, 0.6) is 23.0 Å². The fourth-order valence-electron chi connectivity index (χ4n) is 21.2. The average molecular weight is 2050 g/mol. The molecule has 1 heterocycles. The molecule has 12 aromatic carbocycles. The van der Waals surface area contributed by atoms with E-state index in [2.05, 4.69) is 296 Å². The van der Waals surface area contributed by atoms with Crippen molar-refractivity contribution in [3.8, 4) is 23.0 Å². The molecule has 0 aromatic heterocycles. The highest BCUT2D eigenvalue weighted by Crippen LogP contribution is 2.64. The molecule has 0 N–H and O–H groups in total. The monoisotopic (exact) mass is 2050 g/mol. The number of rotatable bonds is 41. The minimum Gasteiger partial charge on any atom is -0.491 e. The summed E-state index contributed by atoms with van der Waals surface area (Å²) in [6.07, 6.45) is 16.8. The van der Waals surface area contributed by atoms with Gasteiger partial charge in [0.1, 0.15) is 46.9 Å². The lowest BCUT2D eigenvalue weighted by Gasteiger charge is -2.65. The van der Waals surface area contributed by atoms with E-state index in [1.54, 1.807) is 6.92 Å². The van der Waals surface area contributed by atoms with Crippen LogP contribution in [-0.4, -0.2) is 123 Å². The second-order valence-corrected chi connectivity index (χ2v) is 48.2. The third-order valence-electron chi connectivity index (χ3n) is 27.5. The lowest BCUT2D eigenvalue weighted by Crippen LogP contribution is -2.69. The van der Waals surface area contributed by atoms with Crippen LogP contribution in [0.4, 0.5) is 0 Å². The molecule has 6 atom stereocenters. The Morgan fingerprint density at radius 3 is 1.06 bits per heavy atom. The van der Waals surface area contributed by atoms with E-state index in [-0.39, 0.29) is 129 Å². The summed E-state index contributed by atoms with van der Waals surface area (Å²) in [5, 5.41) is 0. The SMILES string of the molecule is CC(C)OC(OC12CC3CC(OC(=O)COc4ccc([S+](c5ccccc5)c5ccccc5)cc4)(C1)CC(OC(OC(C)C)C(C)C)(C3)C2)C(C)C.CCC(CC)(OC(=O)COc1cccc([S+](c2ccccc2)c2ccccc2)c1)C1CCCCC1.COC(C)OC(=O)COc1ccc([S+](c2ccccc2)c2ccccc2)cc1.c1ccc([S+](c2ccccc2)c2ccc(OCC3COC4(CCCCC4)O3)cc2)cc1. The van der Waals surface area contributed by atoms with Crippen LogP contribution in [0.2, 0.25) is 0 Å². The molecule has 4 bridgehead atoms. The predicted molar refractivity (Wildman–Crippen MR) is 580 cm³/mol. The Morgan fingerprint density at radius 1 is 0.363 bits per heavy atom. The van der Waals surface area contributed by atoms with Gasteiger partial charge in [-0.05, 0) is 286 Å². The molecule has 7 fully saturated rings. The van der Waals surface area contributed by atoms with Gasteiger partial charge in [0.15, 0.2) is 103 Å². The summed E-state index contributed by atoms with van der Waals surface area (Å²) in [5.74, 6) is 2.45. The van der Waals surface area contributed by atoms with Crippen LogP contribution < -0.4 is 18.9 Å². The van der Waals surface area contributed by atoms with Crippen molar-refractivity contribution in [3.63, 3.8) is 0 Å². The molecule has 21 heteroatoms. The van der Waals surface area contributed by atoms with E-state index < -0.39 is 29.1 Å². The van der Waals surface area contributed by atoms with Crippen molar-refractivity contribution in [2.75, 3.05) is 40.1 Å². The summed E-state index contributed by atoms with van der Waals surface area (Å²) in [7, 11) is 0.615. The standard InChI is InChI=1S/C44H59O7S.C31H37O3S.C27H29O3S.C23H23O4S/c1-30(2)40(47-32(5)6)50-43-24-34-23-42(27-43,28-44(25-34,29-43)51-41(31(3)4)48-33(7)8)49-39(45)26-46-35-19-21-38(22-20-35)52(36-15-11-9-12-16-36)37-17-13-10-14-18-37;1-3-31(4-2,25-15-8-5-9-16-25)34-30(32)24-33-26-17-14-22-29(23-26)35(27-18-10-6-11-19-27)28-20-12-7-13-21-28;1-4-10-24(11-5-1)31(25-12-6-2-7-13-25)26-16-14-22(15-17-26)28-20-23-21-29-27(30-23)18-8-3-9-19-27;1-18(25-2)27-23(24)17-26-19-13-15-22(16-14-19)28(20-9-5-3-6-10-20)21-11-7-4-8-12-21/h9-22,30-34,40-41H,23-29H2,1-8H3;6-7,10-14,17-23,25H,3-5,8-9,15-16,24H2,1-2H3;1-2,4-7,10-17,23H,3,8-9,18-21H2;3-16,18H,17H2,1-2H3/q4*+1. The van der Waals surface area contributed by atoms with Gasteiger partial charge in [-0.3, -0.25) is 0 Å². The van der Waals surface area contributed by atoms with E-state index in [9.17, 15) is 14.4 Å². The highest BCUT2D eigenvalue weighted by atomic mass is 32.2. The molecule has 6 aliphatic carbocycles. The molecule has 6 saturated carbocycles. The lowest BCUT2D eigenvalue weighted by atomic mass is 9.50. The molecule has 17 nitrogen and oxygen atoms in total. The van der Waals surface area contributed by atoms with Crippen LogP contribution in [0.25, 0.3) is 0 Å². The molecule has 1 spiro atoms. The topological polar surface area (TPSA) is 180 Å². The van der Waals surface area contributed by atoms with Crippen molar-refractivity contribution in [2.45, 2.75) is 316 Å². The molecular weight excluding hydrogens is 1900 g/mol. The van der Waals surface area contributed by atoms with Crippen LogP contribution >= 0.6 is 0 Å². The number of carbonyl (C=O) groups excluding carboxylic acids is 3. The second-order valence-electron chi connectivity index (χ2n) is 40.1. The molecule has 7 aliphatic rings. The Bertz CT molecular complexity index is 5710. The van der Waals surface area contributed by atoms with Gasteiger partial charge in [0.05, 0.1) is 73.6 Å². The quantitative estimate of drug-likeness (QED) is 0.0153. The molecule has 1 saturated heterocycles. The summed E-state index contributed by atoms with van der Waals surface area (Å²) in [5.41, 5.74) is -2.15. The van der Waals surface area contributed by atoms with E-state index in [4.69, 9.17) is 66.3 Å². The van der Waals surface area contributed by atoms with Crippen molar-refractivity contribution in [1.82, 2.24) is 0 Å². The average Bonchev–Trinajstić information content (AvgIpc) is 0.731. The highest BCUT2D eigenvalue weighted by molar-refractivity contribution is 7.98. The Balaban J connectivity index is 0.000000151. The van der Waals surface area contributed by atoms with Gasteiger partial charge in [0, 0.05) is 57.1 Å². The van der Waals surface area contributed by atoms with Gasteiger partial charge in [-0.2, -0.15) is 0 Å². The molecule has 1 aliphatic heterocycles. The summed E-state index contributed by atoms with van der Waals surface area (Å²) in [6.45, 7) is 23.4. The summed E-state index contributed by atoms with van der Waals surface area (Å²) >= 11 is 0. The molecule has 146 heavy (non-hydrogen) atoms. The van der Waals surface area contributed by atoms with Crippen LogP contribution in [0.15, 0.2) is 398 Å². The number of carbonyl (C=O) groups is 3. The maximum Gasteiger partial charge on any atom is 0.346 e. The van der Waals surface area contributed by atoms with Crippen LogP contribution in [-0.2, 0) is 105 Å². The van der Waals surface area contributed by atoms with E-state index in [1.807, 2.05) is 113 Å². The summed E-state index contributed by atoms with van der Waals surface area (Å²) in [4.78, 5) is 53.3. The van der Waals surface area contributed by atoms with Gasteiger partial charge >= 0.3 is 17.9 Å². The zero-order chi connectivity index (χ0) is 102. The zero-order valence-electron chi connectivity index (χ0n) is 86.9. The molecule has 12 aromatic rings. The first-order chi connectivity index (χ1) is 70.9. The van der Waals surface area contributed by atoms with Gasteiger partial charge in [0.25, 0.3) is 0 Å². The Morgan fingerprint density at radius 2 is 0.692 bits per heavy atom. The van der Waals surface area contributed by atoms with E-state index >= 15 is 0 Å². The third-order valence-corrected chi connectivity index (χ3v) is 36.4. The Kier molecular flexibility index (Phi) is 40.1. The minimum absolute atomic E-state index is 0.0148. The van der Waals surface area contributed by atoms with Crippen molar-refractivity contribution in [2.24, 2.45) is 23.7 Å². The fraction of sp³-hybridized carbons (Fsp3) is 0.400. The first-order valence-corrected chi connectivity index (χ1v) is 57.2. The molecule has 0 radical (unpaired) electrons. The van der Waals surface area contributed by atoms with Gasteiger partial charge in [-0.1, -0.05) is 219 Å². The van der Waals surface area contributed by atoms with E-state index in [0.29, 0.717) is 55.1 Å². The van der Waals surface area contributed by atoms with Gasteiger partial charge in [-0.15, -0.1) is 0 Å². The largest absolute Gasteiger partial charge is 0.491 e. The van der Waals surface area contributed by atoms with Crippen LogP contribution in [0.3, 0.4) is 0 Å². The third kappa shape index (κ3) is 30.4. The van der Waals surface area contributed by atoms with Crippen LogP contribution in [0.1, 0.15) is 192 Å². The normalized spacial score (nSPS) is 19.5. The Hall–Kier alpha value is -10.6. The van der Waals surface area contributed by atoms with Crippen LogP contribution in [0, 0.1) is 23.7 Å². The maximum absolute atomic E-state index is 13.7. The molecule has 6 unspecified atom stereocenters. The van der Waals surface area contributed by atoms with Gasteiger partial charge in [-0.25, -0.2) is 14.4 Å². The summed E-state index contributed by atoms with van der Waals surface area (Å²) in [6, 6.07) is 117. The first kappa shape index (κ1) is 110. The van der Waals surface area contributed by atoms with Gasteiger partial charge < -0.3 is 66.3 Å². The predicted octanol–water partition coefficient (Wildman–Crippen LogP) is 28.5. The Labute approximate surface area is 878 Å². The molecule has 770 valence electrons. The van der Waals surface area contributed by atoms with Crippen molar-refractivity contribution >= 4 is 61.5 Å². The summed E-state index contributed by atoms with van der Waals surface area (Å²) < 4.78 is 85.3. The fourth-order valence-corrected chi connectivity index (χ4v) is 29.5. The minimum atomic E-state index is -0.720. The molecule has 0 amide bonds. The number of benzene rings is 12. The zero-order valence-corrected chi connectivity index (χ0v) is 90.2. The number of esters is 3. The van der Waals surface area contributed by atoms with E-state index in [0.717, 1.165) is 74.9 Å². The maximum atomic E-state index is 13.7. The number of hydrogen-bond donors (Lipinski definition) is 0. The van der Waals surface area contributed by atoms with Crippen molar-refractivity contribution in [3.05, 3.63) is 340 Å². The smallest absolute Gasteiger partial charge is 0.346 e. The lowest BCUT2D eigenvalue weighted by molar-refractivity contribution is -0.350. The number of hydrogen-bond acceptors (Lipinski definition) is 17.